The maximum absolute atomic E-state index is 5.19. The summed E-state index contributed by atoms with van der Waals surface area (Å²) >= 11 is 5.19. The normalized spacial score (nSPS) is 11.7. The standard InChI is InChI=1S/C11H14N4S/c1-11(2,3)15-12-10(16)14(13-15)9-7-5-4-6-8-9/h4-8H,1-3H3. The molecule has 2 rings (SSSR count). The van der Waals surface area contributed by atoms with Gasteiger partial charge in [-0.25, -0.2) is 0 Å². The Morgan fingerprint density at radius 1 is 1.19 bits per heavy atom. The summed E-state index contributed by atoms with van der Waals surface area (Å²) in [5, 5.41) is 9.08. The molecule has 0 radical (unpaired) electrons. The monoisotopic (exact) mass is 234 g/mol. The number of para-hydroxylation sites is 1. The number of hydrogen-bond acceptors (Lipinski definition) is 3. The Morgan fingerprint density at radius 3 is 2.31 bits per heavy atom. The lowest BCUT2D eigenvalue weighted by Gasteiger charge is -2.07. The predicted octanol–water partition coefficient (Wildman–Crippen LogP) is 1.22. The lowest BCUT2D eigenvalue weighted by molar-refractivity contribution is -0.699. The second-order valence-electron chi connectivity index (χ2n) is 4.58. The number of aromatic nitrogens is 4. The summed E-state index contributed by atoms with van der Waals surface area (Å²) in [6.07, 6.45) is 0. The smallest absolute Gasteiger partial charge is 0.187 e. The molecule has 1 aromatic carbocycles. The molecule has 84 valence electrons. The van der Waals surface area contributed by atoms with Gasteiger partial charge in [0.2, 0.25) is 0 Å². The van der Waals surface area contributed by atoms with Crippen molar-refractivity contribution in [2.45, 2.75) is 31.5 Å². The van der Waals surface area contributed by atoms with E-state index in [4.69, 9.17) is 12.6 Å². The molecule has 0 spiro atoms. The highest BCUT2D eigenvalue weighted by molar-refractivity contribution is 7.58. The van der Waals surface area contributed by atoms with Gasteiger partial charge in [-0.05, 0) is 37.7 Å². The molecule has 0 atom stereocenters. The third-order valence-electron chi connectivity index (χ3n) is 2.14. The Labute approximate surface area is 100 Å². The fraction of sp³-hybridized carbons (Fsp3) is 0.364. The first-order chi connectivity index (χ1) is 7.48. The zero-order valence-corrected chi connectivity index (χ0v) is 10.4. The van der Waals surface area contributed by atoms with E-state index >= 15 is 0 Å². The summed E-state index contributed by atoms with van der Waals surface area (Å²) in [4.78, 5) is 1.64. The topological polar surface area (TPSA) is 34.6 Å². The van der Waals surface area contributed by atoms with E-state index in [0.29, 0.717) is 5.16 Å². The Morgan fingerprint density at radius 2 is 1.81 bits per heavy atom. The molecule has 0 aliphatic rings. The van der Waals surface area contributed by atoms with Crippen molar-refractivity contribution in [3.63, 3.8) is 0 Å². The number of nitrogens with zero attached hydrogens (tertiary/aromatic N) is 4. The van der Waals surface area contributed by atoms with E-state index in [9.17, 15) is 0 Å². The van der Waals surface area contributed by atoms with Crippen LogP contribution < -0.4 is 4.68 Å². The maximum Gasteiger partial charge on any atom is 0.187 e. The molecule has 4 nitrogen and oxygen atoms in total. The SMILES string of the molecule is CC(C)(C)n1nc([S-])[n+](-c2ccccc2)n1. The van der Waals surface area contributed by atoms with E-state index in [-0.39, 0.29) is 5.54 Å². The molecule has 1 heterocycles. The third-order valence-corrected chi connectivity index (χ3v) is 2.39. The van der Waals surface area contributed by atoms with Crippen LogP contribution >= 0.6 is 0 Å². The van der Waals surface area contributed by atoms with E-state index < -0.39 is 0 Å². The molecule has 0 unspecified atom stereocenters. The molecule has 0 bridgehead atoms. The van der Waals surface area contributed by atoms with Crippen LogP contribution in [0.3, 0.4) is 0 Å². The van der Waals surface area contributed by atoms with Crippen molar-refractivity contribution in [2.24, 2.45) is 0 Å². The third kappa shape index (κ3) is 2.04. The summed E-state index contributed by atoms with van der Waals surface area (Å²) in [7, 11) is 0. The molecule has 0 saturated carbocycles. The van der Waals surface area contributed by atoms with Crippen LogP contribution in [-0.2, 0) is 18.2 Å². The lowest BCUT2D eigenvalue weighted by atomic mass is 10.1. The van der Waals surface area contributed by atoms with Crippen molar-refractivity contribution in [1.29, 1.82) is 0 Å². The van der Waals surface area contributed by atoms with Crippen molar-refractivity contribution in [3.8, 4) is 5.69 Å². The van der Waals surface area contributed by atoms with Crippen LogP contribution in [-0.4, -0.2) is 15.1 Å². The fourth-order valence-electron chi connectivity index (χ4n) is 1.28. The molecule has 0 aliphatic carbocycles. The average Bonchev–Trinajstić information content (AvgIpc) is 2.61. The van der Waals surface area contributed by atoms with Crippen molar-refractivity contribution in [2.75, 3.05) is 0 Å². The Hall–Kier alpha value is -1.49. The highest BCUT2D eigenvalue weighted by atomic mass is 32.1. The highest BCUT2D eigenvalue weighted by Gasteiger charge is 2.24. The number of tetrazole rings is 1. The van der Waals surface area contributed by atoms with Crippen molar-refractivity contribution in [3.05, 3.63) is 30.3 Å². The lowest BCUT2D eigenvalue weighted by Crippen LogP contribution is -2.37. The van der Waals surface area contributed by atoms with Gasteiger partial charge in [-0.1, -0.05) is 18.2 Å². The summed E-state index contributed by atoms with van der Waals surface area (Å²) in [5.74, 6) is 0. The Bertz CT molecular complexity index is 484. The minimum Gasteiger partial charge on any atom is -0.701 e. The van der Waals surface area contributed by atoms with Crippen LogP contribution in [0.25, 0.3) is 5.69 Å². The van der Waals surface area contributed by atoms with E-state index in [0.717, 1.165) is 5.69 Å². The number of rotatable bonds is 1. The van der Waals surface area contributed by atoms with Crippen molar-refractivity contribution < 1.29 is 4.68 Å². The summed E-state index contributed by atoms with van der Waals surface area (Å²) in [5.41, 5.74) is 0.774. The minimum absolute atomic E-state index is 0.159. The zero-order chi connectivity index (χ0) is 11.8. The predicted molar refractivity (Wildman–Crippen MR) is 62.2 cm³/mol. The number of benzene rings is 1. The molecule has 5 heteroatoms. The Kier molecular flexibility index (Phi) is 2.63. The summed E-state index contributed by atoms with van der Waals surface area (Å²) < 4.78 is 1.67. The fourth-order valence-corrected chi connectivity index (χ4v) is 1.50. The van der Waals surface area contributed by atoms with Crippen LogP contribution in [0.5, 0.6) is 0 Å². The Balaban J connectivity index is 2.48. The van der Waals surface area contributed by atoms with Gasteiger partial charge in [0.1, 0.15) is 11.2 Å². The van der Waals surface area contributed by atoms with Gasteiger partial charge in [0.15, 0.2) is 5.16 Å². The van der Waals surface area contributed by atoms with Crippen LogP contribution in [0.2, 0.25) is 0 Å². The first kappa shape index (κ1) is 11.0. The van der Waals surface area contributed by atoms with E-state index in [2.05, 4.69) is 10.3 Å². The van der Waals surface area contributed by atoms with Crippen molar-refractivity contribution >= 4 is 12.6 Å². The van der Waals surface area contributed by atoms with Gasteiger partial charge in [-0.15, -0.1) is 4.68 Å². The molecule has 0 N–H and O–H groups in total. The van der Waals surface area contributed by atoms with E-state index in [1.807, 2.05) is 51.1 Å². The average molecular weight is 234 g/mol. The van der Waals surface area contributed by atoms with Gasteiger partial charge in [-0.3, -0.25) is 0 Å². The summed E-state index contributed by atoms with van der Waals surface area (Å²) in [6, 6.07) is 9.77. The number of hydrogen-bond donors (Lipinski definition) is 0. The summed E-state index contributed by atoms with van der Waals surface area (Å²) in [6.45, 7) is 6.12. The second kappa shape index (κ2) is 3.83. The van der Waals surface area contributed by atoms with Gasteiger partial charge in [0.05, 0.1) is 5.21 Å². The van der Waals surface area contributed by atoms with Crippen molar-refractivity contribution in [1.82, 2.24) is 15.1 Å². The molecule has 1 aromatic heterocycles. The second-order valence-corrected chi connectivity index (χ2v) is 4.94. The van der Waals surface area contributed by atoms with Crippen LogP contribution in [0, 0.1) is 0 Å². The van der Waals surface area contributed by atoms with Gasteiger partial charge < -0.3 is 12.6 Å². The quantitative estimate of drug-likeness (QED) is 0.549. The van der Waals surface area contributed by atoms with E-state index in [1.165, 1.54) is 0 Å². The van der Waals surface area contributed by atoms with Gasteiger partial charge in [0.25, 0.3) is 0 Å². The zero-order valence-electron chi connectivity index (χ0n) is 9.58. The molecule has 2 aromatic rings. The maximum atomic E-state index is 5.19. The molecule has 16 heavy (non-hydrogen) atoms. The first-order valence-corrected chi connectivity index (χ1v) is 5.52. The van der Waals surface area contributed by atoms with Crippen LogP contribution in [0.15, 0.2) is 35.5 Å². The molecule has 0 fully saturated rings. The minimum atomic E-state index is -0.159. The van der Waals surface area contributed by atoms with Gasteiger partial charge in [-0.2, -0.15) is 0 Å². The van der Waals surface area contributed by atoms with E-state index in [1.54, 1.807) is 9.48 Å². The first-order valence-electron chi connectivity index (χ1n) is 5.11. The molecule has 0 aliphatic heterocycles. The largest absolute Gasteiger partial charge is 0.701 e. The molecule has 0 saturated heterocycles. The van der Waals surface area contributed by atoms with Crippen LogP contribution in [0.4, 0.5) is 0 Å². The highest BCUT2D eigenvalue weighted by Crippen LogP contribution is 2.09. The van der Waals surface area contributed by atoms with Crippen LogP contribution in [0.1, 0.15) is 20.8 Å². The van der Waals surface area contributed by atoms with Gasteiger partial charge in [0, 0.05) is 5.10 Å². The molecular weight excluding hydrogens is 220 g/mol. The molecule has 0 amide bonds. The van der Waals surface area contributed by atoms with Gasteiger partial charge >= 0.3 is 0 Å². The molecular formula is C11H14N4S.